The summed E-state index contributed by atoms with van der Waals surface area (Å²) in [6.45, 7) is 3.36. The maximum atomic E-state index is 12.7. The highest BCUT2D eigenvalue weighted by molar-refractivity contribution is 7.85. The molecule has 1 saturated heterocycles. The molecule has 50 heavy (non-hydrogen) atoms. The Labute approximate surface area is 298 Å². The van der Waals surface area contributed by atoms with Crippen LogP contribution in [0.5, 0.6) is 0 Å². The van der Waals surface area contributed by atoms with Crippen molar-refractivity contribution >= 4 is 22.1 Å². The number of rotatable bonds is 26. The van der Waals surface area contributed by atoms with Gasteiger partial charge in [0.2, 0.25) is 0 Å². The molecule has 0 radical (unpaired) electrons. The molecule has 0 aromatic heterocycles. The number of aliphatic hydroxyl groups excluding tert-OH is 3. The van der Waals surface area contributed by atoms with Gasteiger partial charge in [0.25, 0.3) is 10.1 Å². The zero-order valence-corrected chi connectivity index (χ0v) is 30.3. The maximum absolute atomic E-state index is 12.7. The minimum atomic E-state index is -4.61. The third kappa shape index (κ3) is 22.7. The summed E-state index contributed by atoms with van der Waals surface area (Å²) in [7, 11) is -4.61. The van der Waals surface area contributed by atoms with Crippen molar-refractivity contribution in [3.63, 3.8) is 0 Å². The molecule has 1 rings (SSSR count). The predicted molar refractivity (Wildman–Crippen MR) is 191 cm³/mol. The van der Waals surface area contributed by atoms with Crippen LogP contribution in [0.25, 0.3) is 0 Å². The minimum absolute atomic E-state index is 0.107. The topological polar surface area (TPSA) is 186 Å². The highest BCUT2D eigenvalue weighted by Gasteiger charge is 2.46. The maximum Gasteiger partial charge on any atom is 0.306 e. The van der Waals surface area contributed by atoms with E-state index >= 15 is 0 Å². The third-order valence-corrected chi connectivity index (χ3v) is 8.13. The monoisotopic (exact) mass is 726 g/mol. The van der Waals surface area contributed by atoms with Gasteiger partial charge in [0.15, 0.2) is 12.4 Å². The molecule has 1 fully saturated rings. The van der Waals surface area contributed by atoms with Crippen LogP contribution in [-0.4, -0.2) is 96.0 Å². The number of esters is 2. The van der Waals surface area contributed by atoms with Gasteiger partial charge in [-0.15, -0.1) is 0 Å². The number of aliphatic hydroxyl groups is 3. The van der Waals surface area contributed by atoms with Gasteiger partial charge < -0.3 is 34.3 Å². The fourth-order valence-corrected chi connectivity index (χ4v) is 5.35. The van der Waals surface area contributed by atoms with Crippen molar-refractivity contribution in [3.8, 4) is 0 Å². The Kier molecular flexibility index (Phi) is 25.1. The standard InChI is InChI=1S/C37H58O12S/c1-3-5-7-9-11-13-14-15-16-18-20-22-24-26-33(39)48-30(27-46-32(38)25-23-21-19-17-12-10-8-6-4-2)28-47-37-36(42)35(41)34(40)31(49-37)29-50(43,44)45/h5-9,11-17,30-31,34-37,40-42H,3-4,10,18-29H2,1-2H3,(H,43,44,45)/b7-5+,8-6+,11-9+,14-13+,16-15+,17-12+/t30?,31-,34-,35?,36?,37+/m1/s1. The SMILES string of the molecule is CC/C=C/C=C/C=C/C=C/CCCCCC(=O)OC(COC(=O)CCCC/C=C/C/C=C/CC)CO[C@H]1O[C@H](CS(=O)(=O)O)[C@@H](O)C(O)C1O. The summed E-state index contributed by atoms with van der Waals surface area (Å²) >= 11 is 0. The Hall–Kier alpha value is -2.91. The van der Waals surface area contributed by atoms with E-state index in [2.05, 4.69) is 44.2 Å². The lowest BCUT2D eigenvalue weighted by atomic mass is 10.00. The summed E-state index contributed by atoms with van der Waals surface area (Å²) in [6.07, 6.45) is 22.8. The molecule has 0 amide bonds. The van der Waals surface area contributed by atoms with Gasteiger partial charge in [-0.05, 0) is 57.8 Å². The van der Waals surface area contributed by atoms with E-state index in [4.69, 9.17) is 18.9 Å². The molecule has 13 heteroatoms. The van der Waals surface area contributed by atoms with Gasteiger partial charge in [0.05, 0.1) is 6.61 Å². The van der Waals surface area contributed by atoms with E-state index in [1.165, 1.54) is 0 Å². The van der Waals surface area contributed by atoms with E-state index < -0.39 is 71.2 Å². The molecule has 12 nitrogen and oxygen atoms in total. The molecule has 0 aliphatic carbocycles. The van der Waals surface area contributed by atoms with Crippen LogP contribution in [0, 0.1) is 0 Å². The minimum Gasteiger partial charge on any atom is -0.462 e. The Morgan fingerprint density at radius 1 is 0.700 bits per heavy atom. The number of ether oxygens (including phenoxy) is 4. The molecule has 284 valence electrons. The Bertz CT molecular complexity index is 1220. The molecule has 0 spiro atoms. The second-order valence-corrected chi connectivity index (χ2v) is 13.4. The molecular weight excluding hydrogens is 668 g/mol. The lowest BCUT2D eigenvalue weighted by Crippen LogP contribution is -2.60. The molecule has 0 saturated carbocycles. The first-order valence-corrected chi connectivity index (χ1v) is 19.2. The first kappa shape index (κ1) is 45.1. The highest BCUT2D eigenvalue weighted by Crippen LogP contribution is 2.23. The smallest absolute Gasteiger partial charge is 0.306 e. The summed E-state index contributed by atoms with van der Waals surface area (Å²) in [5.74, 6) is -2.10. The largest absolute Gasteiger partial charge is 0.462 e. The van der Waals surface area contributed by atoms with Crippen LogP contribution in [-0.2, 0) is 38.7 Å². The van der Waals surface area contributed by atoms with Gasteiger partial charge >= 0.3 is 11.9 Å². The third-order valence-electron chi connectivity index (χ3n) is 7.38. The number of allylic oxidation sites excluding steroid dienone is 12. The van der Waals surface area contributed by atoms with E-state index in [-0.39, 0.29) is 19.4 Å². The average molecular weight is 727 g/mol. The first-order valence-electron chi connectivity index (χ1n) is 17.5. The summed E-state index contributed by atoms with van der Waals surface area (Å²) in [5.41, 5.74) is 0. The van der Waals surface area contributed by atoms with Gasteiger partial charge in [-0.3, -0.25) is 14.1 Å². The average Bonchev–Trinajstić information content (AvgIpc) is 3.07. The normalized spacial score (nSPS) is 22.6. The van der Waals surface area contributed by atoms with Crippen LogP contribution >= 0.6 is 0 Å². The zero-order chi connectivity index (χ0) is 37.0. The van der Waals surface area contributed by atoms with Crippen molar-refractivity contribution in [2.24, 2.45) is 0 Å². The predicted octanol–water partition coefficient (Wildman–Crippen LogP) is 5.21. The molecule has 0 aromatic carbocycles. The van der Waals surface area contributed by atoms with Crippen molar-refractivity contribution in [2.75, 3.05) is 19.0 Å². The molecule has 0 aromatic rings. The van der Waals surface area contributed by atoms with Crippen molar-refractivity contribution < 1.29 is 56.8 Å². The molecule has 6 atom stereocenters. The summed E-state index contributed by atoms with van der Waals surface area (Å²) < 4.78 is 53.5. The molecule has 1 aliphatic rings. The fourth-order valence-electron chi connectivity index (χ4n) is 4.66. The molecular formula is C37H58O12S. The summed E-state index contributed by atoms with van der Waals surface area (Å²) in [4.78, 5) is 25.1. The number of carbonyl (C=O) groups is 2. The van der Waals surface area contributed by atoms with E-state index in [0.29, 0.717) is 12.8 Å². The lowest BCUT2D eigenvalue weighted by molar-refractivity contribution is -0.297. The van der Waals surface area contributed by atoms with E-state index in [0.717, 1.165) is 51.4 Å². The Morgan fingerprint density at radius 3 is 2.00 bits per heavy atom. The Balaban J connectivity index is 2.63. The lowest BCUT2D eigenvalue weighted by Gasteiger charge is -2.40. The zero-order valence-electron chi connectivity index (χ0n) is 29.5. The van der Waals surface area contributed by atoms with Gasteiger partial charge in [-0.2, -0.15) is 8.42 Å². The number of hydrogen-bond donors (Lipinski definition) is 4. The van der Waals surface area contributed by atoms with Crippen molar-refractivity contribution in [3.05, 3.63) is 72.9 Å². The second-order valence-electron chi connectivity index (χ2n) is 11.9. The van der Waals surface area contributed by atoms with E-state index in [9.17, 15) is 37.9 Å². The van der Waals surface area contributed by atoms with Gasteiger partial charge in [-0.25, -0.2) is 0 Å². The molecule has 0 bridgehead atoms. The molecule has 4 N–H and O–H groups in total. The summed E-state index contributed by atoms with van der Waals surface area (Å²) in [5, 5.41) is 30.6. The molecule has 3 unspecified atom stereocenters. The molecule has 1 heterocycles. The quantitative estimate of drug-likeness (QED) is 0.0300. The number of carbonyl (C=O) groups excluding carboxylic acids is 2. The van der Waals surface area contributed by atoms with Crippen LogP contribution in [0.2, 0.25) is 0 Å². The van der Waals surface area contributed by atoms with Gasteiger partial charge in [-0.1, -0.05) is 93.2 Å². The molecule has 1 aliphatic heterocycles. The van der Waals surface area contributed by atoms with Gasteiger partial charge in [0, 0.05) is 12.8 Å². The van der Waals surface area contributed by atoms with Crippen molar-refractivity contribution in [1.82, 2.24) is 0 Å². The van der Waals surface area contributed by atoms with Crippen LogP contribution in [0.1, 0.15) is 90.9 Å². The highest BCUT2D eigenvalue weighted by atomic mass is 32.2. The van der Waals surface area contributed by atoms with Crippen molar-refractivity contribution in [2.45, 2.75) is 128 Å². The van der Waals surface area contributed by atoms with Crippen LogP contribution in [0.15, 0.2) is 72.9 Å². The Morgan fingerprint density at radius 2 is 1.30 bits per heavy atom. The fraction of sp³-hybridized carbons (Fsp3) is 0.622. The van der Waals surface area contributed by atoms with Crippen molar-refractivity contribution in [1.29, 1.82) is 0 Å². The van der Waals surface area contributed by atoms with E-state index in [1.54, 1.807) is 0 Å². The van der Waals surface area contributed by atoms with Crippen LogP contribution in [0.4, 0.5) is 0 Å². The number of hydrogen-bond acceptors (Lipinski definition) is 11. The number of unbranched alkanes of at least 4 members (excludes halogenated alkanes) is 5. The van der Waals surface area contributed by atoms with Crippen LogP contribution < -0.4 is 0 Å². The first-order chi connectivity index (χ1) is 24.0. The summed E-state index contributed by atoms with van der Waals surface area (Å²) in [6, 6.07) is 0. The second kappa shape index (κ2) is 27.8. The van der Waals surface area contributed by atoms with E-state index in [1.807, 2.05) is 42.5 Å². The van der Waals surface area contributed by atoms with Gasteiger partial charge in [0.1, 0.15) is 36.8 Å². The van der Waals surface area contributed by atoms with Crippen LogP contribution in [0.3, 0.4) is 0 Å².